The highest BCUT2D eigenvalue weighted by molar-refractivity contribution is 7.90. The third-order valence-corrected chi connectivity index (χ3v) is 8.76. The number of aromatic amines is 1. The average molecular weight is 555 g/mol. The van der Waals surface area contributed by atoms with E-state index in [9.17, 15) is 22.7 Å². The number of rotatable bonds is 5. The quantitative estimate of drug-likeness (QED) is 0.322. The van der Waals surface area contributed by atoms with Gasteiger partial charge in [0, 0.05) is 34.3 Å². The maximum absolute atomic E-state index is 13.8. The Morgan fingerprint density at radius 2 is 1.89 bits per heavy atom. The number of pyridine rings is 1. The van der Waals surface area contributed by atoms with Crippen molar-refractivity contribution >= 4 is 32.3 Å². The SMILES string of the molecule is Cc1cc(F)ccc1C1CC(O)(C(c2cccc(Cl)c2)c2cc3cc(S(C)(=O)=O)ccc3[nH]c2=O)CCN1. The van der Waals surface area contributed by atoms with Crippen LogP contribution in [0.5, 0.6) is 0 Å². The number of aliphatic hydroxyl groups is 1. The van der Waals surface area contributed by atoms with E-state index in [1.54, 1.807) is 36.4 Å². The van der Waals surface area contributed by atoms with Crippen molar-refractivity contribution in [2.45, 2.75) is 42.2 Å². The Kier molecular flexibility index (Phi) is 6.94. The predicted octanol–water partition coefficient (Wildman–Crippen LogP) is 5.02. The number of hydrogen-bond donors (Lipinski definition) is 3. The van der Waals surface area contributed by atoms with Crippen LogP contribution in [0, 0.1) is 12.7 Å². The highest BCUT2D eigenvalue weighted by atomic mass is 35.5. The van der Waals surface area contributed by atoms with E-state index in [0.717, 1.165) is 17.4 Å². The van der Waals surface area contributed by atoms with Crippen LogP contribution < -0.4 is 10.9 Å². The average Bonchev–Trinajstić information content (AvgIpc) is 2.83. The van der Waals surface area contributed by atoms with E-state index in [4.69, 9.17) is 11.6 Å². The first kappa shape index (κ1) is 26.6. The Morgan fingerprint density at radius 1 is 1.11 bits per heavy atom. The number of aryl methyl sites for hydroxylation is 1. The lowest BCUT2D eigenvalue weighted by molar-refractivity contribution is -0.0194. The number of nitrogens with one attached hydrogen (secondary N) is 2. The van der Waals surface area contributed by atoms with Crippen molar-refractivity contribution < 1.29 is 17.9 Å². The molecule has 0 amide bonds. The van der Waals surface area contributed by atoms with Crippen LogP contribution in [0.1, 0.15) is 47.1 Å². The van der Waals surface area contributed by atoms with Crippen LogP contribution in [-0.4, -0.2) is 36.9 Å². The molecular weight excluding hydrogens is 527 g/mol. The van der Waals surface area contributed by atoms with Gasteiger partial charge in [-0.25, -0.2) is 12.8 Å². The molecule has 6 nitrogen and oxygen atoms in total. The third kappa shape index (κ3) is 5.14. The molecular formula is C29H28ClFN2O4S. The molecule has 0 aliphatic carbocycles. The second-order valence-corrected chi connectivity index (χ2v) is 12.6. The molecule has 1 aliphatic rings. The standard InChI is InChI=1S/C29H28ClFN2O4S/c1-17-12-21(31)6-8-23(17)26-16-29(35,10-11-32-26)27(18-4-3-5-20(30)13-18)24-15-19-14-22(38(2,36)37)7-9-25(19)33-28(24)34/h3-9,12-15,26-27,32,35H,10-11,16H2,1-2H3,(H,33,34). The summed E-state index contributed by atoms with van der Waals surface area (Å²) in [6.45, 7) is 2.30. The molecule has 9 heteroatoms. The molecule has 38 heavy (non-hydrogen) atoms. The van der Waals surface area contributed by atoms with Crippen molar-refractivity contribution in [1.82, 2.24) is 10.3 Å². The monoisotopic (exact) mass is 554 g/mol. The van der Waals surface area contributed by atoms with Gasteiger partial charge in [0.05, 0.1) is 10.5 Å². The molecule has 4 aromatic rings. The van der Waals surface area contributed by atoms with Crippen molar-refractivity contribution in [2.75, 3.05) is 12.8 Å². The third-order valence-electron chi connectivity index (χ3n) is 7.42. The van der Waals surface area contributed by atoms with Gasteiger partial charge in [-0.1, -0.05) is 29.8 Å². The molecule has 0 bridgehead atoms. The first-order chi connectivity index (χ1) is 17.9. The Hall–Kier alpha value is -3.04. The fourth-order valence-corrected chi connectivity index (χ4v) is 6.47. The summed E-state index contributed by atoms with van der Waals surface area (Å²) >= 11 is 6.34. The minimum Gasteiger partial charge on any atom is -0.389 e. The van der Waals surface area contributed by atoms with Crippen LogP contribution >= 0.6 is 11.6 Å². The highest BCUT2D eigenvalue weighted by Crippen LogP contribution is 2.44. The van der Waals surface area contributed by atoms with E-state index >= 15 is 0 Å². The number of benzene rings is 3. The van der Waals surface area contributed by atoms with Crippen LogP contribution in [0.3, 0.4) is 0 Å². The lowest BCUT2D eigenvalue weighted by Gasteiger charge is -2.43. The number of sulfone groups is 1. The second-order valence-electron chi connectivity index (χ2n) is 10.1. The van der Waals surface area contributed by atoms with Gasteiger partial charge in [0.2, 0.25) is 0 Å². The van der Waals surface area contributed by atoms with Gasteiger partial charge in [-0.15, -0.1) is 0 Å². The van der Waals surface area contributed by atoms with Crippen molar-refractivity contribution in [3.05, 3.63) is 110 Å². The summed E-state index contributed by atoms with van der Waals surface area (Å²) in [4.78, 5) is 16.5. The Balaban J connectivity index is 1.67. The number of fused-ring (bicyclic) bond motifs is 1. The van der Waals surface area contributed by atoms with Gasteiger partial charge >= 0.3 is 0 Å². The minimum atomic E-state index is -3.47. The van der Waals surface area contributed by atoms with Crippen molar-refractivity contribution in [2.24, 2.45) is 0 Å². The summed E-state index contributed by atoms with van der Waals surface area (Å²) < 4.78 is 38.2. The molecule has 3 N–H and O–H groups in total. The Morgan fingerprint density at radius 3 is 2.61 bits per heavy atom. The first-order valence-corrected chi connectivity index (χ1v) is 14.6. The lowest BCUT2D eigenvalue weighted by atomic mass is 9.70. The van der Waals surface area contributed by atoms with Crippen LogP contribution in [0.15, 0.2) is 76.4 Å². The molecule has 3 unspecified atom stereocenters. The second kappa shape index (κ2) is 9.93. The normalized spacial score (nSPS) is 20.9. The molecule has 1 saturated heterocycles. The molecule has 198 valence electrons. The predicted molar refractivity (Wildman–Crippen MR) is 147 cm³/mol. The van der Waals surface area contributed by atoms with Crippen molar-refractivity contribution in [1.29, 1.82) is 0 Å². The van der Waals surface area contributed by atoms with Crippen LogP contribution in [-0.2, 0) is 9.84 Å². The van der Waals surface area contributed by atoms with Gasteiger partial charge < -0.3 is 15.4 Å². The van der Waals surface area contributed by atoms with Crippen LogP contribution in [0.4, 0.5) is 4.39 Å². The van der Waals surface area contributed by atoms with E-state index in [2.05, 4.69) is 10.3 Å². The van der Waals surface area contributed by atoms with E-state index in [-0.39, 0.29) is 28.7 Å². The largest absolute Gasteiger partial charge is 0.389 e. The maximum Gasteiger partial charge on any atom is 0.252 e. The van der Waals surface area contributed by atoms with Gasteiger partial charge in [-0.2, -0.15) is 0 Å². The summed E-state index contributed by atoms with van der Waals surface area (Å²) in [5, 5.41) is 16.7. The van der Waals surface area contributed by atoms with E-state index in [1.165, 1.54) is 24.3 Å². The smallest absolute Gasteiger partial charge is 0.252 e. The highest BCUT2D eigenvalue weighted by Gasteiger charge is 2.44. The molecule has 5 rings (SSSR count). The zero-order valence-corrected chi connectivity index (χ0v) is 22.5. The van der Waals surface area contributed by atoms with Crippen molar-refractivity contribution in [3.63, 3.8) is 0 Å². The molecule has 1 aliphatic heterocycles. The molecule has 0 radical (unpaired) electrons. The van der Waals surface area contributed by atoms with E-state index in [0.29, 0.717) is 40.0 Å². The zero-order valence-electron chi connectivity index (χ0n) is 21.0. The number of H-pyrrole nitrogens is 1. The number of aromatic nitrogens is 1. The summed E-state index contributed by atoms with van der Waals surface area (Å²) in [5.41, 5.74) is 1.37. The first-order valence-electron chi connectivity index (χ1n) is 12.3. The number of hydrogen-bond acceptors (Lipinski definition) is 5. The summed E-state index contributed by atoms with van der Waals surface area (Å²) in [7, 11) is -3.47. The van der Waals surface area contributed by atoms with Crippen molar-refractivity contribution in [3.8, 4) is 0 Å². The minimum absolute atomic E-state index is 0.134. The molecule has 1 aromatic heterocycles. The van der Waals surface area contributed by atoms with Gasteiger partial charge in [-0.05, 0) is 96.9 Å². The molecule has 3 atom stereocenters. The zero-order chi connectivity index (χ0) is 27.2. The fourth-order valence-electron chi connectivity index (χ4n) is 5.61. The topological polar surface area (TPSA) is 99.3 Å². The van der Waals surface area contributed by atoms with E-state index in [1.807, 2.05) is 13.0 Å². The Bertz CT molecular complexity index is 1700. The maximum atomic E-state index is 13.8. The summed E-state index contributed by atoms with van der Waals surface area (Å²) in [5.74, 6) is -1.09. The Labute approximate surface area is 225 Å². The van der Waals surface area contributed by atoms with E-state index < -0.39 is 21.4 Å². The van der Waals surface area contributed by atoms with Gasteiger partial charge in [-0.3, -0.25) is 4.79 Å². The number of halogens is 2. The molecule has 0 saturated carbocycles. The summed E-state index contributed by atoms with van der Waals surface area (Å²) in [6.07, 6.45) is 1.74. The van der Waals surface area contributed by atoms with Gasteiger partial charge in [0.25, 0.3) is 5.56 Å². The van der Waals surface area contributed by atoms with Crippen LogP contribution in [0.2, 0.25) is 5.02 Å². The fraction of sp³-hybridized carbons (Fsp3) is 0.276. The van der Waals surface area contributed by atoms with Gasteiger partial charge in [0.15, 0.2) is 9.84 Å². The number of piperidine rings is 1. The molecule has 1 fully saturated rings. The molecule has 2 heterocycles. The molecule has 0 spiro atoms. The van der Waals surface area contributed by atoms with Gasteiger partial charge in [0.1, 0.15) is 5.82 Å². The van der Waals surface area contributed by atoms with Crippen LogP contribution in [0.25, 0.3) is 10.9 Å². The summed E-state index contributed by atoms with van der Waals surface area (Å²) in [6, 6.07) is 17.6. The lowest BCUT2D eigenvalue weighted by Crippen LogP contribution is -2.49. The molecule has 3 aromatic carbocycles.